The molecule has 0 fully saturated rings. The molecule has 1 N–H and O–H groups in total. The van der Waals surface area contributed by atoms with Gasteiger partial charge in [-0.2, -0.15) is 0 Å². The van der Waals surface area contributed by atoms with Crippen LogP contribution in [0.25, 0.3) is 0 Å². The van der Waals surface area contributed by atoms with Gasteiger partial charge in [-0.3, -0.25) is 0 Å². The maximum Gasteiger partial charge on any atom is 0.506 e. The molecule has 0 aromatic heterocycles. The Balaban J connectivity index is 3.93. The van der Waals surface area contributed by atoms with Crippen molar-refractivity contribution in [3.8, 4) is 0 Å². The molecule has 6 heteroatoms. The first-order valence-corrected chi connectivity index (χ1v) is 5.97. The molecule has 3 nitrogen and oxygen atoms in total. The molecule has 0 amide bonds. The van der Waals surface area contributed by atoms with Crippen molar-refractivity contribution < 1.29 is 14.6 Å². The normalized spacial score (nSPS) is 15.0. The van der Waals surface area contributed by atoms with Crippen LogP contribution in [0.2, 0.25) is 0 Å². The van der Waals surface area contributed by atoms with Gasteiger partial charge >= 0.3 is 6.16 Å². The average Bonchev–Trinajstić information content (AvgIpc) is 1.84. The highest BCUT2D eigenvalue weighted by Gasteiger charge is 2.09. The van der Waals surface area contributed by atoms with Gasteiger partial charge in [0.1, 0.15) is 6.10 Å². The Bertz CT molecular complexity index is 201. The molecule has 0 saturated carbocycles. The van der Waals surface area contributed by atoms with Crippen LogP contribution in [0, 0.1) is 0 Å². The van der Waals surface area contributed by atoms with E-state index in [1.165, 1.54) is 0 Å². The van der Waals surface area contributed by atoms with Gasteiger partial charge in [-0.1, -0.05) is 0 Å². The number of hydrogen-bond acceptors (Lipinski definition) is 2. The summed E-state index contributed by atoms with van der Waals surface area (Å²) in [5.41, 5.74) is 0. The molecule has 0 radical (unpaired) electrons. The number of hydrogen-bond donors (Lipinski definition) is 1. The second-order valence-corrected chi connectivity index (χ2v) is 6.72. The van der Waals surface area contributed by atoms with Crippen LogP contribution < -0.4 is 0 Å². The summed E-state index contributed by atoms with van der Waals surface area (Å²) in [5, 5.41) is 8.28. The van der Waals surface area contributed by atoms with Crippen LogP contribution in [0.3, 0.4) is 0 Å². The van der Waals surface area contributed by atoms with Crippen molar-refractivity contribution in [1.29, 1.82) is 0 Å². The number of rotatable bonds is 3. The summed E-state index contributed by atoms with van der Waals surface area (Å²) >= 11 is 7.56. The molecule has 70 valence electrons. The van der Waals surface area contributed by atoms with Crippen molar-refractivity contribution in [2.45, 2.75) is 19.4 Å². The third kappa shape index (κ3) is 6.46. The lowest BCUT2D eigenvalue weighted by atomic mass is 10.3. The summed E-state index contributed by atoms with van der Waals surface area (Å²) in [5.74, 6) is 0. The first-order valence-electron chi connectivity index (χ1n) is 3.02. The fraction of sp³-hybridized carbons (Fsp3) is 0.500. The van der Waals surface area contributed by atoms with Crippen LogP contribution in [0.1, 0.15) is 13.3 Å². The Morgan fingerprint density at radius 1 is 1.67 bits per heavy atom. The molecule has 0 aliphatic rings. The molecule has 0 spiro atoms. The van der Waals surface area contributed by atoms with Gasteiger partial charge in [0.25, 0.3) is 0 Å². The van der Waals surface area contributed by atoms with Crippen LogP contribution in [0.15, 0.2) is 6.07 Å². The van der Waals surface area contributed by atoms with Crippen LogP contribution in [-0.2, 0) is 4.74 Å². The first kappa shape index (κ1) is 12.9. The largest absolute Gasteiger partial charge is 0.506 e. The summed E-state index contributed by atoms with van der Waals surface area (Å²) in [6.07, 6.45) is -0.913. The monoisotopic (exact) mass is 460 g/mol. The lowest BCUT2D eigenvalue weighted by Gasteiger charge is -2.09. The van der Waals surface area contributed by atoms with Crippen LogP contribution in [0.5, 0.6) is 0 Å². The molecule has 0 aliphatic heterocycles. The molecule has 0 aliphatic carbocycles. The minimum absolute atomic E-state index is 0.295. The molecule has 12 heavy (non-hydrogen) atoms. The van der Waals surface area contributed by atoms with Crippen molar-refractivity contribution in [1.82, 2.24) is 0 Å². The number of halogens is 3. The zero-order valence-corrected chi connectivity index (χ0v) is 12.1. The maximum absolute atomic E-state index is 10.1. The van der Waals surface area contributed by atoms with Gasteiger partial charge in [0.15, 0.2) is 0 Å². The van der Waals surface area contributed by atoms with Crippen molar-refractivity contribution >= 4 is 67.3 Å². The van der Waals surface area contributed by atoms with E-state index in [4.69, 9.17) is 5.11 Å². The Hall–Kier alpha value is 0.950. The standard InChI is InChI=1S/C6H7BrI2O3/c1-3(12-6(10)11)2-4(8)5(7)9/h3H,2H2,1H3,(H,10,11). The van der Waals surface area contributed by atoms with Gasteiger partial charge in [-0.15, -0.1) is 0 Å². The van der Waals surface area contributed by atoms with E-state index in [1.54, 1.807) is 6.92 Å². The van der Waals surface area contributed by atoms with E-state index in [9.17, 15) is 4.79 Å². The molecule has 0 aromatic carbocycles. The predicted molar refractivity (Wildman–Crippen MR) is 67.2 cm³/mol. The highest BCUT2D eigenvalue weighted by atomic mass is 127. The summed E-state index contributed by atoms with van der Waals surface area (Å²) in [7, 11) is 0. The van der Waals surface area contributed by atoms with E-state index in [-0.39, 0.29) is 6.10 Å². The van der Waals surface area contributed by atoms with E-state index >= 15 is 0 Å². The van der Waals surface area contributed by atoms with Crippen molar-refractivity contribution in [3.05, 3.63) is 6.07 Å². The number of carboxylic acid groups (broad SMARTS) is 1. The Kier molecular flexibility index (Phi) is 6.92. The summed E-state index contributed by atoms with van der Waals surface area (Å²) < 4.78 is 6.57. The van der Waals surface area contributed by atoms with Crippen molar-refractivity contribution in [2.75, 3.05) is 0 Å². The number of ether oxygens (including phenoxy) is 1. The van der Waals surface area contributed by atoms with Crippen molar-refractivity contribution in [2.24, 2.45) is 0 Å². The summed E-state index contributed by atoms with van der Waals surface area (Å²) in [4.78, 5) is 10.1. The molecule has 0 bridgehead atoms. The van der Waals surface area contributed by atoms with Gasteiger partial charge in [-0.05, 0) is 68.0 Å². The second-order valence-electron chi connectivity index (χ2n) is 2.06. The van der Waals surface area contributed by atoms with Crippen LogP contribution in [0.4, 0.5) is 4.79 Å². The lowest BCUT2D eigenvalue weighted by Crippen LogP contribution is -2.12. The van der Waals surface area contributed by atoms with Gasteiger partial charge < -0.3 is 9.84 Å². The van der Waals surface area contributed by atoms with Gasteiger partial charge in [0, 0.05) is 10.0 Å². The molecular weight excluding hydrogens is 454 g/mol. The average molecular weight is 461 g/mol. The highest BCUT2D eigenvalue weighted by molar-refractivity contribution is 14.1. The molecule has 0 rings (SSSR count). The van der Waals surface area contributed by atoms with E-state index in [0.29, 0.717) is 6.42 Å². The van der Waals surface area contributed by atoms with E-state index < -0.39 is 6.16 Å². The zero-order valence-electron chi connectivity index (χ0n) is 6.18. The fourth-order valence-electron chi connectivity index (χ4n) is 0.543. The van der Waals surface area contributed by atoms with Crippen molar-refractivity contribution in [3.63, 3.8) is 0 Å². The minimum atomic E-state index is -1.23. The zero-order chi connectivity index (χ0) is 9.72. The SMILES string of the molecule is CC(CC(I)=C(Br)I)OC(=O)O. The molecule has 0 saturated heterocycles. The minimum Gasteiger partial charge on any atom is -0.450 e. The predicted octanol–water partition coefficient (Wildman–Crippen LogP) is 3.89. The quantitative estimate of drug-likeness (QED) is 0.513. The third-order valence-corrected chi connectivity index (χ3v) is 4.86. The van der Waals surface area contributed by atoms with E-state index in [0.717, 1.165) is 6.07 Å². The Morgan fingerprint density at radius 2 is 2.17 bits per heavy atom. The lowest BCUT2D eigenvalue weighted by molar-refractivity contribution is 0.0601. The molecular formula is C6H7BrI2O3. The fourth-order valence-corrected chi connectivity index (χ4v) is 1.55. The van der Waals surface area contributed by atoms with Crippen LogP contribution >= 0.6 is 61.1 Å². The highest BCUT2D eigenvalue weighted by Crippen LogP contribution is 2.28. The molecule has 1 unspecified atom stereocenters. The molecule has 0 aromatic rings. The maximum atomic E-state index is 10.1. The Morgan fingerprint density at radius 3 is 2.50 bits per heavy atom. The van der Waals surface area contributed by atoms with Gasteiger partial charge in [0.05, 0.1) is 2.49 Å². The second kappa shape index (κ2) is 6.41. The first-order chi connectivity index (χ1) is 5.43. The Labute approximate surface area is 106 Å². The number of carbonyl (C=O) groups is 1. The summed E-state index contributed by atoms with van der Waals surface area (Å²) in [6, 6.07) is 0. The summed E-state index contributed by atoms with van der Waals surface area (Å²) in [6.45, 7) is 1.72. The van der Waals surface area contributed by atoms with Gasteiger partial charge in [-0.25, -0.2) is 4.79 Å². The van der Waals surface area contributed by atoms with E-state index in [1.807, 2.05) is 0 Å². The van der Waals surface area contributed by atoms with Crippen LogP contribution in [-0.4, -0.2) is 17.4 Å². The smallest absolute Gasteiger partial charge is 0.450 e. The van der Waals surface area contributed by atoms with E-state index in [2.05, 4.69) is 65.8 Å². The van der Waals surface area contributed by atoms with Gasteiger partial charge in [0.2, 0.25) is 0 Å². The topological polar surface area (TPSA) is 46.5 Å². The molecule has 0 heterocycles. The molecule has 1 atom stereocenters. The third-order valence-electron chi connectivity index (χ3n) is 0.974.